The second kappa shape index (κ2) is 2.37. The molecule has 0 aromatic carbocycles. The van der Waals surface area contributed by atoms with E-state index in [0.717, 1.165) is 12.7 Å². The van der Waals surface area contributed by atoms with E-state index in [0.29, 0.717) is 0 Å². The predicted octanol–water partition coefficient (Wildman–Crippen LogP) is 0.634. The largest absolute Gasteiger partial charge is 0.572 e. The van der Waals surface area contributed by atoms with Gasteiger partial charge in [0, 0.05) is 0 Å². The number of ether oxygens (including phenoxy) is 1. The van der Waals surface area contributed by atoms with Crippen LogP contribution in [0.5, 0.6) is 0 Å². The minimum atomic E-state index is -4.62. The van der Waals surface area contributed by atoms with Gasteiger partial charge in [-0.3, -0.25) is 0 Å². The summed E-state index contributed by atoms with van der Waals surface area (Å²) in [6.07, 6.45) is -3.55. The number of alkyl halides is 3. The summed E-state index contributed by atoms with van der Waals surface area (Å²) in [7, 11) is 0. The quantitative estimate of drug-likeness (QED) is 0.579. The molecule has 0 aliphatic carbocycles. The molecule has 3 nitrogen and oxygen atoms in total. The number of hydrazine groups is 1. The van der Waals surface area contributed by atoms with Gasteiger partial charge in [0.15, 0.2) is 0 Å². The summed E-state index contributed by atoms with van der Waals surface area (Å²) in [5, 5.41) is 0. The van der Waals surface area contributed by atoms with Crippen molar-refractivity contribution in [1.82, 2.24) is 10.9 Å². The minimum Gasteiger partial charge on any atom is -0.407 e. The second-order valence-corrected chi connectivity index (χ2v) is 1.53. The maximum absolute atomic E-state index is 11.4. The van der Waals surface area contributed by atoms with Crippen molar-refractivity contribution in [2.75, 3.05) is 0 Å². The van der Waals surface area contributed by atoms with Crippen LogP contribution in [0.25, 0.3) is 0 Å². The molecule has 0 spiro atoms. The van der Waals surface area contributed by atoms with Crippen molar-refractivity contribution in [3.05, 3.63) is 18.5 Å². The fraction of sp³-hybridized carbons (Fsp3) is 0.250. The molecule has 0 fully saturated rings. The highest BCUT2D eigenvalue weighted by molar-refractivity contribution is 5.07. The molecule has 0 bridgehead atoms. The van der Waals surface area contributed by atoms with E-state index >= 15 is 0 Å². The SMILES string of the molecule is FC(F)(F)OC1=CNN[CH]1. The van der Waals surface area contributed by atoms with Gasteiger partial charge < -0.3 is 10.2 Å². The Morgan fingerprint density at radius 1 is 1.30 bits per heavy atom. The summed E-state index contributed by atoms with van der Waals surface area (Å²) in [6, 6.07) is 0. The first kappa shape index (κ1) is 7.20. The number of hydrogen-bond donors (Lipinski definition) is 2. The lowest BCUT2D eigenvalue weighted by atomic mass is 10.6. The van der Waals surface area contributed by atoms with E-state index in [9.17, 15) is 13.2 Å². The first-order valence-corrected chi connectivity index (χ1v) is 2.38. The maximum Gasteiger partial charge on any atom is 0.572 e. The number of hydrogen-bond acceptors (Lipinski definition) is 3. The molecule has 0 atom stereocenters. The summed E-state index contributed by atoms with van der Waals surface area (Å²) in [6.45, 7) is 1.06. The number of nitrogens with one attached hydrogen (secondary N) is 2. The van der Waals surface area contributed by atoms with Crippen LogP contribution >= 0.6 is 0 Å². The van der Waals surface area contributed by atoms with Crippen LogP contribution in [0.4, 0.5) is 13.2 Å². The molecule has 1 heterocycles. The van der Waals surface area contributed by atoms with Gasteiger partial charge in [-0.05, 0) is 0 Å². The normalized spacial score (nSPS) is 18.1. The Labute approximate surface area is 54.8 Å². The summed E-state index contributed by atoms with van der Waals surface area (Å²) in [5.74, 6) is -0.285. The third-order valence-corrected chi connectivity index (χ3v) is 0.746. The molecule has 0 amide bonds. The average molecular weight is 153 g/mol. The average Bonchev–Trinajstić information content (AvgIpc) is 2.12. The second-order valence-electron chi connectivity index (χ2n) is 1.53. The topological polar surface area (TPSA) is 33.3 Å². The van der Waals surface area contributed by atoms with Gasteiger partial charge >= 0.3 is 6.36 Å². The Hall–Kier alpha value is -0.910. The van der Waals surface area contributed by atoms with Crippen molar-refractivity contribution >= 4 is 0 Å². The lowest BCUT2D eigenvalue weighted by molar-refractivity contribution is -0.304. The van der Waals surface area contributed by atoms with Crippen LogP contribution in [-0.4, -0.2) is 6.36 Å². The Morgan fingerprint density at radius 3 is 2.40 bits per heavy atom. The van der Waals surface area contributed by atoms with E-state index in [1.54, 1.807) is 0 Å². The molecular weight excluding hydrogens is 149 g/mol. The van der Waals surface area contributed by atoms with Gasteiger partial charge in [0.25, 0.3) is 0 Å². The molecule has 1 radical (unpaired) electrons. The predicted molar refractivity (Wildman–Crippen MR) is 25.8 cm³/mol. The molecule has 1 aliphatic heterocycles. The van der Waals surface area contributed by atoms with Crippen molar-refractivity contribution in [2.45, 2.75) is 6.36 Å². The highest BCUT2D eigenvalue weighted by Gasteiger charge is 2.32. The molecule has 1 aliphatic rings. The Morgan fingerprint density at radius 2 is 2.00 bits per heavy atom. The molecule has 0 aromatic rings. The van der Waals surface area contributed by atoms with Crippen molar-refractivity contribution in [3.63, 3.8) is 0 Å². The van der Waals surface area contributed by atoms with Gasteiger partial charge in [-0.15, -0.1) is 13.2 Å². The molecule has 2 N–H and O–H groups in total. The van der Waals surface area contributed by atoms with E-state index in [-0.39, 0.29) is 5.76 Å². The molecule has 0 saturated heterocycles. The molecule has 0 unspecified atom stereocenters. The minimum absolute atomic E-state index is 0.285. The van der Waals surface area contributed by atoms with Crippen molar-refractivity contribution in [2.24, 2.45) is 0 Å². The smallest absolute Gasteiger partial charge is 0.407 e. The summed E-state index contributed by atoms with van der Waals surface area (Å²) in [4.78, 5) is 0. The molecule has 57 valence electrons. The van der Waals surface area contributed by atoms with Crippen LogP contribution in [0.2, 0.25) is 0 Å². The zero-order chi connectivity index (χ0) is 7.61. The highest BCUT2D eigenvalue weighted by Crippen LogP contribution is 2.21. The number of halogens is 3. The Balaban J connectivity index is 2.38. The molecule has 6 heteroatoms. The third kappa shape index (κ3) is 2.14. The fourth-order valence-corrected chi connectivity index (χ4v) is 0.460. The van der Waals surface area contributed by atoms with E-state index in [1.807, 2.05) is 0 Å². The van der Waals surface area contributed by atoms with E-state index < -0.39 is 6.36 Å². The molecule has 0 aromatic heterocycles. The van der Waals surface area contributed by atoms with Crippen molar-refractivity contribution in [1.29, 1.82) is 0 Å². The van der Waals surface area contributed by atoms with Gasteiger partial charge in [0.2, 0.25) is 0 Å². The van der Waals surface area contributed by atoms with Crippen LogP contribution < -0.4 is 10.9 Å². The maximum atomic E-state index is 11.4. The van der Waals surface area contributed by atoms with Gasteiger partial charge in [0.1, 0.15) is 12.3 Å². The molecule has 0 saturated carbocycles. The van der Waals surface area contributed by atoms with E-state index in [4.69, 9.17) is 0 Å². The van der Waals surface area contributed by atoms with E-state index in [1.165, 1.54) is 0 Å². The number of rotatable bonds is 1. The van der Waals surface area contributed by atoms with Gasteiger partial charge in [-0.25, -0.2) is 5.43 Å². The van der Waals surface area contributed by atoms with Crippen LogP contribution in [-0.2, 0) is 4.74 Å². The Kier molecular flexibility index (Phi) is 1.71. The van der Waals surface area contributed by atoms with Crippen LogP contribution in [0.1, 0.15) is 0 Å². The third-order valence-electron chi connectivity index (χ3n) is 0.746. The first-order chi connectivity index (χ1) is 4.58. The lowest BCUT2D eigenvalue weighted by Gasteiger charge is -2.06. The summed E-state index contributed by atoms with van der Waals surface area (Å²) >= 11 is 0. The first-order valence-electron chi connectivity index (χ1n) is 2.38. The van der Waals surface area contributed by atoms with Gasteiger partial charge in [-0.2, -0.15) is 0 Å². The van der Waals surface area contributed by atoms with Crippen LogP contribution in [0, 0.1) is 6.54 Å². The molecule has 10 heavy (non-hydrogen) atoms. The molecular formula is C4H4F3N2O. The fourth-order valence-electron chi connectivity index (χ4n) is 0.460. The van der Waals surface area contributed by atoms with Gasteiger partial charge in [-0.1, -0.05) is 0 Å². The van der Waals surface area contributed by atoms with E-state index in [2.05, 4.69) is 15.6 Å². The molecule has 1 rings (SSSR count). The van der Waals surface area contributed by atoms with Crippen LogP contribution in [0.15, 0.2) is 12.0 Å². The monoisotopic (exact) mass is 153 g/mol. The summed E-state index contributed by atoms with van der Waals surface area (Å²) in [5.41, 5.74) is 4.60. The Bertz CT molecular complexity index is 153. The highest BCUT2D eigenvalue weighted by atomic mass is 19.4. The van der Waals surface area contributed by atoms with Gasteiger partial charge in [0.05, 0.1) is 6.20 Å². The zero-order valence-electron chi connectivity index (χ0n) is 4.70. The van der Waals surface area contributed by atoms with Crippen LogP contribution in [0.3, 0.4) is 0 Å². The van der Waals surface area contributed by atoms with Crippen molar-refractivity contribution in [3.8, 4) is 0 Å². The summed E-state index contributed by atoms with van der Waals surface area (Å²) < 4.78 is 37.6. The zero-order valence-corrected chi connectivity index (χ0v) is 4.70. The van der Waals surface area contributed by atoms with Crippen molar-refractivity contribution < 1.29 is 17.9 Å². The lowest BCUT2D eigenvalue weighted by Crippen LogP contribution is -2.17. The standard InChI is InChI=1S/C4H4F3N2O/c5-4(6,7)10-3-1-8-9-2-3/h1-2,8-9H.